The number of methoxy groups -OCH3 is 1. The molecule has 0 aliphatic carbocycles. The van der Waals surface area contributed by atoms with E-state index in [-0.39, 0.29) is 5.84 Å². The Morgan fingerprint density at radius 1 is 1.38 bits per heavy atom. The zero-order valence-electron chi connectivity index (χ0n) is 12.7. The molecule has 2 rings (SSSR count). The van der Waals surface area contributed by atoms with E-state index < -0.39 is 0 Å². The highest BCUT2D eigenvalue weighted by atomic mass is 16.5. The number of amidine groups is 1. The summed E-state index contributed by atoms with van der Waals surface area (Å²) in [5.74, 6) is 1.57. The molecule has 0 bridgehead atoms. The number of nitrogens with one attached hydrogen (secondary N) is 1. The highest BCUT2D eigenvalue weighted by Gasteiger charge is 2.19. The third-order valence-electron chi connectivity index (χ3n) is 3.28. The third-order valence-corrected chi connectivity index (χ3v) is 3.28. The maximum absolute atomic E-state index is 7.67. The second-order valence-electron chi connectivity index (χ2n) is 4.74. The molecule has 6 nitrogen and oxygen atoms in total. The van der Waals surface area contributed by atoms with Crippen LogP contribution >= 0.6 is 0 Å². The average molecular weight is 288 g/mol. The van der Waals surface area contributed by atoms with Gasteiger partial charge in [0.05, 0.1) is 12.8 Å². The van der Waals surface area contributed by atoms with Crippen LogP contribution in [-0.2, 0) is 13.5 Å². The highest BCUT2D eigenvalue weighted by Crippen LogP contribution is 2.34. The van der Waals surface area contributed by atoms with Crippen molar-refractivity contribution in [1.82, 2.24) is 9.78 Å². The molecule has 0 atom stereocenters. The van der Waals surface area contributed by atoms with Gasteiger partial charge in [-0.05, 0) is 31.0 Å². The maximum Gasteiger partial charge on any atom is 0.229 e. The summed E-state index contributed by atoms with van der Waals surface area (Å²) in [6.07, 6.45) is 0.917. The average Bonchev–Trinajstić information content (AvgIpc) is 2.73. The molecule has 21 heavy (non-hydrogen) atoms. The van der Waals surface area contributed by atoms with Crippen molar-refractivity contribution in [2.45, 2.75) is 20.3 Å². The maximum atomic E-state index is 7.67. The number of aryl methyl sites for hydroxylation is 3. The normalized spacial score (nSPS) is 10.5. The molecular formula is C15H20N4O2. The van der Waals surface area contributed by atoms with Gasteiger partial charge in [-0.2, -0.15) is 5.10 Å². The van der Waals surface area contributed by atoms with Crippen molar-refractivity contribution in [1.29, 1.82) is 5.41 Å². The second-order valence-corrected chi connectivity index (χ2v) is 4.74. The number of nitrogen functional groups attached to an aromatic ring is 1. The molecule has 0 radical (unpaired) electrons. The lowest BCUT2D eigenvalue weighted by molar-refractivity contribution is 0.365. The summed E-state index contributed by atoms with van der Waals surface area (Å²) < 4.78 is 12.8. The minimum atomic E-state index is -0.0697. The topological polar surface area (TPSA) is 86.1 Å². The molecule has 2 aromatic rings. The lowest BCUT2D eigenvalue weighted by atomic mass is 10.1. The van der Waals surface area contributed by atoms with E-state index in [0.29, 0.717) is 28.6 Å². The Bertz CT molecular complexity index is 677. The molecule has 0 unspecified atom stereocenters. The fourth-order valence-corrected chi connectivity index (χ4v) is 2.18. The van der Waals surface area contributed by atoms with Gasteiger partial charge < -0.3 is 15.2 Å². The lowest BCUT2D eigenvalue weighted by Crippen LogP contribution is -2.13. The summed E-state index contributed by atoms with van der Waals surface area (Å²) in [4.78, 5) is 0. The van der Waals surface area contributed by atoms with Crippen molar-refractivity contribution < 1.29 is 9.47 Å². The molecule has 1 aromatic carbocycles. The van der Waals surface area contributed by atoms with E-state index in [1.54, 1.807) is 25.8 Å². The fourth-order valence-electron chi connectivity index (χ4n) is 2.18. The first-order chi connectivity index (χ1) is 9.97. The van der Waals surface area contributed by atoms with Crippen molar-refractivity contribution in [3.05, 3.63) is 35.0 Å². The van der Waals surface area contributed by atoms with Crippen LogP contribution in [0.2, 0.25) is 0 Å². The van der Waals surface area contributed by atoms with E-state index in [1.165, 1.54) is 0 Å². The molecule has 0 spiro atoms. The van der Waals surface area contributed by atoms with Crippen LogP contribution in [0.4, 0.5) is 0 Å². The van der Waals surface area contributed by atoms with E-state index in [2.05, 4.69) is 12.0 Å². The van der Waals surface area contributed by atoms with Gasteiger partial charge in [0.15, 0.2) is 11.5 Å². The van der Waals surface area contributed by atoms with E-state index >= 15 is 0 Å². The minimum Gasteiger partial charge on any atom is -0.493 e. The molecule has 6 heteroatoms. The van der Waals surface area contributed by atoms with Crippen LogP contribution < -0.4 is 15.2 Å². The summed E-state index contributed by atoms with van der Waals surface area (Å²) in [6.45, 7) is 3.87. The monoisotopic (exact) mass is 288 g/mol. The Balaban J connectivity index is 2.45. The van der Waals surface area contributed by atoms with Gasteiger partial charge in [-0.15, -0.1) is 0 Å². The van der Waals surface area contributed by atoms with Crippen molar-refractivity contribution in [3.63, 3.8) is 0 Å². The van der Waals surface area contributed by atoms with E-state index in [0.717, 1.165) is 12.0 Å². The van der Waals surface area contributed by atoms with Crippen LogP contribution in [0, 0.1) is 12.3 Å². The SMILES string of the molecule is CCc1ccc(Oc2c(C(=N)N)c(C)nn2C)c(OC)c1. The van der Waals surface area contributed by atoms with Gasteiger partial charge in [0.2, 0.25) is 5.88 Å². The van der Waals surface area contributed by atoms with Gasteiger partial charge in [-0.1, -0.05) is 13.0 Å². The number of rotatable bonds is 5. The van der Waals surface area contributed by atoms with Crippen molar-refractivity contribution in [3.8, 4) is 17.4 Å². The van der Waals surface area contributed by atoms with Crippen molar-refractivity contribution >= 4 is 5.84 Å². The lowest BCUT2D eigenvalue weighted by Gasteiger charge is -2.12. The summed E-state index contributed by atoms with van der Waals surface area (Å²) >= 11 is 0. The summed E-state index contributed by atoms with van der Waals surface area (Å²) in [7, 11) is 3.35. The highest BCUT2D eigenvalue weighted by molar-refractivity contribution is 5.98. The van der Waals surface area contributed by atoms with Gasteiger partial charge in [-0.3, -0.25) is 5.41 Å². The van der Waals surface area contributed by atoms with Crippen LogP contribution in [0.3, 0.4) is 0 Å². The van der Waals surface area contributed by atoms with Crippen LogP contribution in [0.5, 0.6) is 17.4 Å². The number of hydrogen-bond donors (Lipinski definition) is 2. The molecule has 0 amide bonds. The Morgan fingerprint density at radius 3 is 2.67 bits per heavy atom. The number of nitrogens with zero attached hydrogens (tertiary/aromatic N) is 2. The first-order valence-corrected chi connectivity index (χ1v) is 6.70. The van der Waals surface area contributed by atoms with E-state index in [1.807, 2.05) is 18.2 Å². The second kappa shape index (κ2) is 5.87. The first kappa shape index (κ1) is 14.9. The molecule has 3 N–H and O–H groups in total. The largest absolute Gasteiger partial charge is 0.493 e. The van der Waals surface area contributed by atoms with Gasteiger partial charge in [0, 0.05) is 7.05 Å². The van der Waals surface area contributed by atoms with Crippen LogP contribution in [0.15, 0.2) is 18.2 Å². The summed E-state index contributed by atoms with van der Waals surface area (Å²) in [5, 5.41) is 11.9. The molecule has 0 saturated carbocycles. The first-order valence-electron chi connectivity index (χ1n) is 6.70. The predicted octanol–water partition coefficient (Wildman–Crippen LogP) is 2.38. The number of aromatic nitrogens is 2. The number of nitrogens with two attached hydrogens (primary N) is 1. The smallest absolute Gasteiger partial charge is 0.229 e. The quantitative estimate of drug-likeness (QED) is 0.653. The Hall–Kier alpha value is -2.50. The van der Waals surface area contributed by atoms with Gasteiger partial charge >= 0.3 is 0 Å². The summed E-state index contributed by atoms with van der Waals surface area (Å²) in [6, 6.07) is 5.77. The fraction of sp³-hybridized carbons (Fsp3) is 0.333. The zero-order chi connectivity index (χ0) is 15.6. The van der Waals surface area contributed by atoms with Crippen LogP contribution in [-0.4, -0.2) is 22.7 Å². The Labute approximate surface area is 124 Å². The molecule has 0 aliphatic rings. The predicted molar refractivity (Wildman–Crippen MR) is 81.4 cm³/mol. The standard InChI is InChI=1S/C15H20N4O2/c1-5-10-6-7-11(12(8-10)20-4)21-15-13(14(16)17)9(2)18-19(15)3/h6-8H,5H2,1-4H3,(H3,16,17). The van der Waals surface area contributed by atoms with Crippen LogP contribution in [0.1, 0.15) is 23.7 Å². The zero-order valence-corrected chi connectivity index (χ0v) is 12.7. The molecular weight excluding hydrogens is 268 g/mol. The van der Waals surface area contributed by atoms with Crippen molar-refractivity contribution in [2.75, 3.05) is 7.11 Å². The van der Waals surface area contributed by atoms with Gasteiger partial charge in [0.1, 0.15) is 11.4 Å². The number of hydrogen-bond acceptors (Lipinski definition) is 4. The van der Waals surface area contributed by atoms with Gasteiger partial charge in [-0.25, -0.2) is 4.68 Å². The third kappa shape index (κ3) is 2.84. The Kier molecular flexibility index (Phi) is 4.16. The molecule has 1 aromatic heterocycles. The number of ether oxygens (including phenoxy) is 2. The van der Waals surface area contributed by atoms with E-state index in [9.17, 15) is 0 Å². The minimum absolute atomic E-state index is 0.0697. The Morgan fingerprint density at radius 2 is 2.10 bits per heavy atom. The molecule has 0 saturated heterocycles. The summed E-state index contributed by atoms with van der Waals surface area (Å²) in [5.41, 5.74) is 7.93. The number of benzene rings is 1. The van der Waals surface area contributed by atoms with Crippen LogP contribution in [0.25, 0.3) is 0 Å². The molecule has 1 heterocycles. The van der Waals surface area contributed by atoms with Crippen molar-refractivity contribution in [2.24, 2.45) is 12.8 Å². The molecule has 0 aliphatic heterocycles. The van der Waals surface area contributed by atoms with E-state index in [4.69, 9.17) is 20.6 Å². The molecule has 112 valence electrons. The molecule has 0 fully saturated rings. The van der Waals surface area contributed by atoms with Gasteiger partial charge in [0.25, 0.3) is 0 Å².